The summed E-state index contributed by atoms with van der Waals surface area (Å²) in [7, 11) is 0. The Bertz CT molecular complexity index is 1060. The van der Waals surface area contributed by atoms with Gasteiger partial charge in [0.2, 0.25) is 0 Å². The van der Waals surface area contributed by atoms with Crippen molar-refractivity contribution in [3.63, 3.8) is 0 Å². The quantitative estimate of drug-likeness (QED) is 0.444. The molecule has 0 radical (unpaired) electrons. The summed E-state index contributed by atoms with van der Waals surface area (Å²) in [4.78, 5) is 8.40. The van der Waals surface area contributed by atoms with Crippen LogP contribution in [0.25, 0.3) is 34.0 Å². The highest BCUT2D eigenvalue weighted by atomic mass is 19.4. The van der Waals surface area contributed by atoms with Crippen LogP contribution in [-0.4, -0.2) is 9.97 Å². The van der Waals surface area contributed by atoms with E-state index in [1.54, 1.807) is 0 Å². The first-order chi connectivity index (χ1) is 12.9. The molecular weight excluding hydrogens is 357 g/mol. The van der Waals surface area contributed by atoms with Crippen LogP contribution in [0, 0.1) is 6.92 Å². The standard InChI is InChI=1S/C20H13F3N2O2/c1-12-2-4-13(5-3-12)16-18(26-10-24-16)19-17(25-11-27-19)14-6-8-15(9-7-14)20(21,22)23/h2-11H,1H3. The molecule has 7 heteroatoms. The Hall–Kier alpha value is -3.35. The number of halogens is 3. The highest BCUT2D eigenvalue weighted by Crippen LogP contribution is 2.38. The van der Waals surface area contributed by atoms with Crippen molar-refractivity contribution in [2.24, 2.45) is 0 Å². The molecule has 0 spiro atoms. The van der Waals surface area contributed by atoms with E-state index in [9.17, 15) is 13.2 Å². The number of nitrogens with zero attached hydrogens (tertiary/aromatic N) is 2. The average molecular weight is 370 g/mol. The lowest BCUT2D eigenvalue weighted by Crippen LogP contribution is -2.04. The molecule has 0 amide bonds. The molecule has 2 aromatic heterocycles. The molecule has 0 aliphatic carbocycles. The van der Waals surface area contributed by atoms with Gasteiger partial charge in [0.05, 0.1) is 5.56 Å². The Balaban J connectivity index is 1.76. The molecule has 0 aliphatic heterocycles. The summed E-state index contributed by atoms with van der Waals surface area (Å²) >= 11 is 0. The summed E-state index contributed by atoms with van der Waals surface area (Å²) in [6, 6.07) is 12.4. The minimum Gasteiger partial charge on any atom is -0.439 e. The van der Waals surface area contributed by atoms with E-state index in [0.29, 0.717) is 28.5 Å². The van der Waals surface area contributed by atoms with Crippen molar-refractivity contribution in [1.29, 1.82) is 0 Å². The molecule has 0 aliphatic rings. The second-order valence-corrected chi connectivity index (χ2v) is 6.00. The molecule has 27 heavy (non-hydrogen) atoms. The number of aryl methyl sites for hydroxylation is 1. The number of aromatic nitrogens is 2. The van der Waals surface area contributed by atoms with Crippen LogP contribution in [0.4, 0.5) is 13.2 Å². The Morgan fingerprint density at radius 3 is 1.59 bits per heavy atom. The van der Waals surface area contributed by atoms with Crippen molar-refractivity contribution >= 4 is 0 Å². The minimum absolute atomic E-state index is 0.308. The predicted molar refractivity (Wildman–Crippen MR) is 92.6 cm³/mol. The van der Waals surface area contributed by atoms with Gasteiger partial charge in [-0.05, 0) is 19.1 Å². The third-order valence-corrected chi connectivity index (χ3v) is 4.15. The zero-order valence-corrected chi connectivity index (χ0v) is 14.1. The summed E-state index contributed by atoms with van der Waals surface area (Å²) < 4.78 is 49.3. The van der Waals surface area contributed by atoms with Crippen molar-refractivity contribution < 1.29 is 22.0 Å². The number of benzene rings is 2. The Labute approximate surface area is 152 Å². The smallest absolute Gasteiger partial charge is 0.416 e. The lowest BCUT2D eigenvalue weighted by atomic mass is 10.0. The summed E-state index contributed by atoms with van der Waals surface area (Å²) in [6.07, 6.45) is -1.87. The molecule has 0 bridgehead atoms. The zero-order valence-electron chi connectivity index (χ0n) is 14.1. The van der Waals surface area contributed by atoms with E-state index < -0.39 is 11.7 Å². The van der Waals surface area contributed by atoms with Gasteiger partial charge < -0.3 is 8.83 Å². The molecule has 4 nitrogen and oxygen atoms in total. The molecule has 4 rings (SSSR count). The number of alkyl halides is 3. The van der Waals surface area contributed by atoms with Crippen LogP contribution in [0.5, 0.6) is 0 Å². The Morgan fingerprint density at radius 1 is 0.704 bits per heavy atom. The molecule has 0 saturated heterocycles. The maximum absolute atomic E-state index is 12.8. The van der Waals surface area contributed by atoms with Crippen LogP contribution >= 0.6 is 0 Å². The van der Waals surface area contributed by atoms with Crippen LogP contribution in [-0.2, 0) is 6.18 Å². The maximum atomic E-state index is 12.8. The lowest BCUT2D eigenvalue weighted by molar-refractivity contribution is -0.137. The van der Waals surface area contributed by atoms with E-state index >= 15 is 0 Å². The summed E-state index contributed by atoms with van der Waals surface area (Å²) in [5.74, 6) is 0.675. The second kappa shape index (κ2) is 6.42. The Morgan fingerprint density at radius 2 is 1.15 bits per heavy atom. The third-order valence-electron chi connectivity index (χ3n) is 4.15. The van der Waals surface area contributed by atoms with Gasteiger partial charge in [-0.3, -0.25) is 0 Å². The van der Waals surface area contributed by atoms with E-state index in [1.807, 2.05) is 31.2 Å². The SMILES string of the molecule is Cc1ccc(-c2ncoc2-c2ocnc2-c2ccc(C(F)(F)F)cc2)cc1. The van der Waals surface area contributed by atoms with Gasteiger partial charge in [-0.2, -0.15) is 13.2 Å². The van der Waals surface area contributed by atoms with Crippen molar-refractivity contribution in [2.75, 3.05) is 0 Å². The van der Waals surface area contributed by atoms with Gasteiger partial charge in [0, 0.05) is 11.1 Å². The highest BCUT2D eigenvalue weighted by Gasteiger charge is 2.30. The van der Waals surface area contributed by atoms with E-state index in [0.717, 1.165) is 23.3 Å². The number of hydrogen-bond donors (Lipinski definition) is 0. The monoisotopic (exact) mass is 370 g/mol. The molecule has 0 saturated carbocycles. The van der Waals surface area contributed by atoms with Gasteiger partial charge >= 0.3 is 6.18 Å². The summed E-state index contributed by atoms with van der Waals surface area (Å²) in [6.45, 7) is 1.98. The van der Waals surface area contributed by atoms with Crippen molar-refractivity contribution in [2.45, 2.75) is 13.1 Å². The molecule has 4 aromatic rings. The van der Waals surface area contributed by atoms with Crippen LogP contribution < -0.4 is 0 Å². The van der Waals surface area contributed by atoms with Crippen LogP contribution in [0.3, 0.4) is 0 Å². The molecule has 2 aromatic carbocycles. The zero-order chi connectivity index (χ0) is 19.0. The summed E-state index contributed by atoms with van der Waals surface area (Å²) in [5, 5.41) is 0. The second-order valence-electron chi connectivity index (χ2n) is 6.00. The molecular formula is C20H13F3N2O2. The van der Waals surface area contributed by atoms with Crippen molar-refractivity contribution in [3.8, 4) is 34.0 Å². The Kier molecular flexibility index (Phi) is 4.07. The van der Waals surface area contributed by atoms with Gasteiger partial charge in [-0.15, -0.1) is 0 Å². The maximum Gasteiger partial charge on any atom is 0.416 e. The van der Waals surface area contributed by atoms with Gasteiger partial charge in [0.15, 0.2) is 24.3 Å². The first kappa shape index (κ1) is 17.1. The first-order valence-corrected chi connectivity index (χ1v) is 8.05. The third kappa shape index (κ3) is 3.23. The van der Waals surface area contributed by atoms with Crippen LogP contribution in [0.2, 0.25) is 0 Å². The fourth-order valence-corrected chi connectivity index (χ4v) is 2.75. The minimum atomic E-state index is -4.39. The average Bonchev–Trinajstić information content (AvgIpc) is 3.30. The molecule has 2 heterocycles. The molecule has 0 unspecified atom stereocenters. The molecule has 0 atom stereocenters. The summed E-state index contributed by atoms with van der Waals surface area (Å²) in [5.41, 5.74) is 2.65. The van der Waals surface area contributed by atoms with Gasteiger partial charge in [-0.1, -0.05) is 42.0 Å². The molecule has 0 N–H and O–H groups in total. The van der Waals surface area contributed by atoms with Gasteiger partial charge in [0.25, 0.3) is 0 Å². The normalized spacial score (nSPS) is 11.7. The predicted octanol–water partition coefficient (Wildman–Crippen LogP) is 5.99. The molecule has 0 fully saturated rings. The fourth-order valence-electron chi connectivity index (χ4n) is 2.75. The van der Waals surface area contributed by atoms with Crippen molar-refractivity contribution in [1.82, 2.24) is 9.97 Å². The van der Waals surface area contributed by atoms with Crippen LogP contribution in [0.15, 0.2) is 70.2 Å². The van der Waals surface area contributed by atoms with E-state index in [1.165, 1.54) is 24.9 Å². The lowest BCUT2D eigenvalue weighted by Gasteiger charge is -2.07. The van der Waals surface area contributed by atoms with E-state index in [-0.39, 0.29) is 0 Å². The van der Waals surface area contributed by atoms with Gasteiger partial charge in [0.1, 0.15) is 11.4 Å². The molecule has 136 valence electrons. The highest BCUT2D eigenvalue weighted by molar-refractivity contribution is 5.82. The van der Waals surface area contributed by atoms with E-state index in [4.69, 9.17) is 8.83 Å². The number of rotatable bonds is 3. The van der Waals surface area contributed by atoms with Crippen LogP contribution in [0.1, 0.15) is 11.1 Å². The number of oxazole rings is 2. The van der Waals surface area contributed by atoms with E-state index in [2.05, 4.69) is 9.97 Å². The van der Waals surface area contributed by atoms with Gasteiger partial charge in [-0.25, -0.2) is 9.97 Å². The topological polar surface area (TPSA) is 52.1 Å². The fraction of sp³-hybridized carbons (Fsp3) is 0.100. The largest absolute Gasteiger partial charge is 0.439 e. The first-order valence-electron chi connectivity index (χ1n) is 8.05. The van der Waals surface area contributed by atoms with Crippen molar-refractivity contribution in [3.05, 3.63) is 72.4 Å². The number of hydrogen-bond acceptors (Lipinski definition) is 4.